The largest absolute Gasteiger partial charge is 0.463 e. The van der Waals surface area contributed by atoms with Gasteiger partial charge in [-0.15, -0.1) is 0 Å². The average Bonchev–Trinajstić information content (AvgIpc) is 2.32. The number of hydrogen-bond acceptors (Lipinski definition) is 3. The quantitative estimate of drug-likeness (QED) is 0.598. The van der Waals surface area contributed by atoms with Crippen LogP contribution in [0, 0.1) is 0 Å². The van der Waals surface area contributed by atoms with E-state index in [0.29, 0.717) is 17.2 Å². The molecule has 1 rings (SSSR count). The Hall–Kier alpha value is -1.32. The van der Waals surface area contributed by atoms with Crippen LogP contribution < -0.4 is 0 Å². The summed E-state index contributed by atoms with van der Waals surface area (Å²) in [5, 5.41) is 0.532. The Morgan fingerprint density at radius 3 is 2.65 bits per heavy atom. The number of hydrogen-bond donors (Lipinski definition) is 0. The summed E-state index contributed by atoms with van der Waals surface area (Å²) in [7, 11) is 1.50. The molecule has 0 spiro atoms. The normalized spacial score (nSPS) is 11.9. The average molecular weight is 255 g/mol. The number of rotatable bonds is 5. The molecule has 0 amide bonds. The summed E-state index contributed by atoms with van der Waals surface area (Å²) in [6.45, 7) is 5.74. The first-order chi connectivity index (χ1) is 8.11. The van der Waals surface area contributed by atoms with Crippen molar-refractivity contribution in [1.29, 1.82) is 0 Å². The molecular weight excluding hydrogens is 240 g/mol. The Kier molecular flexibility index (Phi) is 5.19. The van der Waals surface area contributed by atoms with Crippen LogP contribution in [0.15, 0.2) is 36.4 Å². The molecule has 1 aromatic carbocycles. The second kappa shape index (κ2) is 6.42. The van der Waals surface area contributed by atoms with Gasteiger partial charge in [0.15, 0.2) is 0 Å². The Labute approximate surface area is 106 Å². The van der Waals surface area contributed by atoms with Crippen LogP contribution in [0.25, 0.3) is 0 Å². The van der Waals surface area contributed by atoms with Crippen LogP contribution in [-0.4, -0.2) is 19.7 Å². The summed E-state index contributed by atoms with van der Waals surface area (Å²) in [6, 6.07) is 7.17. The van der Waals surface area contributed by atoms with Gasteiger partial charge in [-0.25, -0.2) is 4.79 Å². The third-order valence-electron chi connectivity index (χ3n) is 2.28. The van der Waals surface area contributed by atoms with Gasteiger partial charge in [-0.2, -0.15) is 0 Å². The third kappa shape index (κ3) is 3.32. The number of esters is 1. The van der Waals surface area contributed by atoms with E-state index in [1.165, 1.54) is 7.11 Å². The van der Waals surface area contributed by atoms with Crippen molar-refractivity contribution in [3.63, 3.8) is 0 Å². The Balaban J connectivity index is 2.96. The molecule has 0 saturated heterocycles. The van der Waals surface area contributed by atoms with E-state index >= 15 is 0 Å². The van der Waals surface area contributed by atoms with Crippen LogP contribution in [0.3, 0.4) is 0 Å². The number of carbonyl (C=O) groups excluding carboxylic acids is 1. The molecule has 0 N–H and O–H groups in total. The lowest BCUT2D eigenvalue weighted by Gasteiger charge is -2.18. The molecule has 0 aliphatic heterocycles. The van der Waals surface area contributed by atoms with Gasteiger partial charge in [0.05, 0.1) is 12.2 Å². The minimum absolute atomic E-state index is 0.238. The lowest BCUT2D eigenvalue weighted by molar-refractivity contribution is -0.139. The molecule has 0 saturated carbocycles. The van der Waals surface area contributed by atoms with Gasteiger partial charge in [0.25, 0.3) is 0 Å². The van der Waals surface area contributed by atoms with E-state index in [0.717, 1.165) is 0 Å². The second-order valence-electron chi connectivity index (χ2n) is 3.38. The summed E-state index contributed by atoms with van der Waals surface area (Å²) in [6.07, 6.45) is -0.581. The molecule has 1 aromatic rings. The maximum absolute atomic E-state index is 11.6. The molecule has 4 heteroatoms. The maximum Gasteiger partial charge on any atom is 0.336 e. The number of methoxy groups -OCH3 is 1. The van der Waals surface area contributed by atoms with Crippen LogP contribution in [0.1, 0.15) is 18.6 Å². The molecule has 92 valence electrons. The topological polar surface area (TPSA) is 35.5 Å². The summed E-state index contributed by atoms with van der Waals surface area (Å²) < 4.78 is 10.1. The Morgan fingerprint density at radius 2 is 2.12 bits per heavy atom. The standard InChI is InChI=1S/C13H15ClO3/c1-4-17-13(15)9(2)12(16-3)10-7-5-6-8-11(10)14/h5-8,12H,2,4H2,1,3H3. The summed E-state index contributed by atoms with van der Waals surface area (Å²) >= 11 is 6.05. The highest BCUT2D eigenvalue weighted by Crippen LogP contribution is 2.30. The van der Waals surface area contributed by atoms with Crippen molar-refractivity contribution in [3.8, 4) is 0 Å². The van der Waals surface area contributed by atoms with E-state index in [9.17, 15) is 4.79 Å². The Morgan fingerprint density at radius 1 is 1.47 bits per heavy atom. The third-order valence-corrected chi connectivity index (χ3v) is 2.62. The molecule has 1 unspecified atom stereocenters. The molecule has 0 fully saturated rings. The maximum atomic E-state index is 11.6. The number of ether oxygens (including phenoxy) is 2. The summed E-state index contributed by atoms with van der Waals surface area (Å²) in [5.74, 6) is -0.473. The van der Waals surface area contributed by atoms with Crippen LogP contribution in [-0.2, 0) is 14.3 Å². The first-order valence-electron chi connectivity index (χ1n) is 5.25. The summed E-state index contributed by atoms with van der Waals surface area (Å²) in [5.41, 5.74) is 0.942. The zero-order valence-corrected chi connectivity index (χ0v) is 10.7. The highest BCUT2D eigenvalue weighted by molar-refractivity contribution is 6.31. The zero-order chi connectivity index (χ0) is 12.8. The van der Waals surface area contributed by atoms with Gasteiger partial charge in [0.2, 0.25) is 0 Å². The van der Waals surface area contributed by atoms with Gasteiger partial charge in [-0.1, -0.05) is 36.4 Å². The molecule has 0 heterocycles. The van der Waals surface area contributed by atoms with E-state index in [1.807, 2.05) is 12.1 Å². The van der Waals surface area contributed by atoms with Gasteiger partial charge < -0.3 is 9.47 Å². The lowest BCUT2D eigenvalue weighted by Crippen LogP contribution is -2.15. The van der Waals surface area contributed by atoms with Gasteiger partial charge in [-0.05, 0) is 13.0 Å². The fraction of sp³-hybridized carbons (Fsp3) is 0.308. The van der Waals surface area contributed by atoms with Crippen LogP contribution in [0.2, 0.25) is 5.02 Å². The first-order valence-corrected chi connectivity index (χ1v) is 5.62. The van der Waals surface area contributed by atoms with Crippen LogP contribution in [0.4, 0.5) is 0 Å². The molecule has 0 radical (unpaired) electrons. The van der Waals surface area contributed by atoms with Crippen molar-refractivity contribution < 1.29 is 14.3 Å². The van der Waals surface area contributed by atoms with Gasteiger partial charge in [0, 0.05) is 17.7 Å². The van der Waals surface area contributed by atoms with Gasteiger partial charge >= 0.3 is 5.97 Å². The minimum atomic E-state index is -0.581. The zero-order valence-electron chi connectivity index (χ0n) is 9.90. The fourth-order valence-corrected chi connectivity index (χ4v) is 1.71. The van der Waals surface area contributed by atoms with Crippen LogP contribution >= 0.6 is 11.6 Å². The molecular formula is C13H15ClO3. The monoisotopic (exact) mass is 254 g/mol. The molecule has 0 bridgehead atoms. The SMILES string of the molecule is C=C(C(=O)OCC)C(OC)c1ccccc1Cl. The van der Waals surface area contributed by atoms with Crippen LogP contribution in [0.5, 0.6) is 0 Å². The summed E-state index contributed by atoms with van der Waals surface area (Å²) in [4.78, 5) is 11.6. The van der Waals surface area contributed by atoms with Crippen molar-refractivity contribution in [2.45, 2.75) is 13.0 Å². The Bertz CT molecular complexity index is 415. The lowest BCUT2D eigenvalue weighted by atomic mass is 10.0. The smallest absolute Gasteiger partial charge is 0.336 e. The number of carbonyl (C=O) groups is 1. The van der Waals surface area contributed by atoms with E-state index < -0.39 is 12.1 Å². The van der Waals surface area contributed by atoms with E-state index in [2.05, 4.69) is 6.58 Å². The van der Waals surface area contributed by atoms with Crippen molar-refractivity contribution in [1.82, 2.24) is 0 Å². The molecule has 17 heavy (non-hydrogen) atoms. The van der Waals surface area contributed by atoms with Crippen molar-refractivity contribution in [2.75, 3.05) is 13.7 Å². The highest BCUT2D eigenvalue weighted by atomic mass is 35.5. The highest BCUT2D eigenvalue weighted by Gasteiger charge is 2.23. The minimum Gasteiger partial charge on any atom is -0.463 e. The van der Waals surface area contributed by atoms with Crippen molar-refractivity contribution >= 4 is 17.6 Å². The predicted octanol–water partition coefficient (Wildman–Crippen LogP) is 3.15. The first kappa shape index (κ1) is 13.7. The molecule has 0 aromatic heterocycles. The van der Waals surface area contributed by atoms with Crippen molar-refractivity contribution in [3.05, 3.63) is 47.0 Å². The number of benzene rings is 1. The predicted molar refractivity (Wildman–Crippen MR) is 67.0 cm³/mol. The second-order valence-corrected chi connectivity index (χ2v) is 3.79. The number of halogens is 1. The van der Waals surface area contributed by atoms with Gasteiger partial charge in [0.1, 0.15) is 6.10 Å². The van der Waals surface area contributed by atoms with Gasteiger partial charge in [-0.3, -0.25) is 0 Å². The van der Waals surface area contributed by atoms with E-state index in [1.54, 1.807) is 19.1 Å². The van der Waals surface area contributed by atoms with E-state index in [-0.39, 0.29) is 5.57 Å². The molecule has 3 nitrogen and oxygen atoms in total. The fourth-order valence-electron chi connectivity index (χ4n) is 1.48. The molecule has 0 aliphatic carbocycles. The van der Waals surface area contributed by atoms with E-state index in [4.69, 9.17) is 21.1 Å². The van der Waals surface area contributed by atoms with Crippen molar-refractivity contribution in [2.24, 2.45) is 0 Å². The molecule has 0 aliphatic rings. The molecule has 1 atom stereocenters.